The highest BCUT2D eigenvalue weighted by Crippen LogP contribution is 2.13. The van der Waals surface area contributed by atoms with E-state index in [1.165, 1.54) is 0 Å². The van der Waals surface area contributed by atoms with Crippen molar-refractivity contribution in [1.82, 2.24) is 5.48 Å². The summed E-state index contributed by atoms with van der Waals surface area (Å²) in [7, 11) is 0. The van der Waals surface area contributed by atoms with Gasteiger partial charge in [0.05, 0.1) is 6.61 Å². The molecule has 0 aromatic rings. The van der Waals surface area contributed by atoms with E-state index < -0.39 is 12.1 Å². The molecule has 0 rings (SSSR count). The summed E-state index contributed by atoms with van der Waals surface area (Å²) in [5.41, 5.74) is 3.46. The number of unbranched alkanes of at least 4 members (excludes halogenated alkanes) is 2. The van der Waals surface area contributed by atoms with Crippen LogP contribution in [-0.2, 0) is 14.4 Å². The lowest BCUT2D eigenvalue weighted by atomic mass is 10.0. The maximum Gasteiger partial charge on any atom is 0.440 e. The molecule has 5 nitrogen and oxygen atoms in total. The number of hydrogen-bond acceptors (Lipinski definition) is 4. The van der Waals surface area contributed by atoms with E-state index in [9.17, 15) is 9.59 Å². The number of carbonyl (C=O) groups is 2. The monoisotopic (exact) mass is 257 g/mol. The van der Waals surface area contributed by atoms with Gasteiger partial charge in [-0.3, -0.25) is 0 Å². The number of nitrogens with one attached hydrogen (secondary N) is 1. The molecule has 0 aliphatic rings. The Hall–Kier alpha value is -1.52. The molecule has 0 spiro atoms. The SMILES string of the molecule is CCCCCC(C)=C(C)C(=O)ONC(=O)OCC. The zero-order valence-corrected chi connectivity index (χ0v) is 11.7. The van der Waals surface area contributed by atoms with Gasteiger partial charge in [0.25, 0.3) is 0 Å². The van der Waals surface area contributed by atoms with Crippen LogP contribution in [0.15, 0.2) is 11.1 Å². The summed E-state index contributed by atoms with van der Waals surface area (Å²) in [6.45, 7) is 7.62. The lowest BCUT2D eigenvalue weighted by molar-refractivity contribution is -0.145. The zero-order valence-electron chi connectivity index (χ0n) is 11.7. The summed E-state index contributed by atoms with van der Waals surface area (Å²) in [5, 5.41) is 0. The summed E-state index contributed by atoms with van der Waals surface area (Å²) >= 11 is 0. The molecule has 0 unspecified atom stereocenters. The number of amides is 1. The Labute approximate surface area is 108 Å². The van der Waals surface area contributed by atoms with Crippen molar-refractivity contribution < 1.29 is 19.2 Å². The Kier molecular flexibility index (Phi) is 8.70. The summed E-state index contributed by atoms with van der Waals surface area (Å²) < 4.78 is 4.57. The van der Waals surface area contributed by atoms with Crippen molar-refractivity contribution in [2.24, 2.45) is 0 Å². The van der Waals surface area contributed by atoms with Gasteiger partial charge in [0.1, 0.15) is 0 Å². The minimum absolute atomic E-state index is 0.230. The molecule has 0 aromatic heterocycles. The molecule has 18 heavy (non-hydrogen) atoms. The third kappa shape index (κ3) is 6.93. The predicted octanol–water partition coefficient (Wildman–Crippen LogP) is 3.11. The average molecular weight is 257 g/mol. The van der Waals surface area contributed by atoms with E-state index in [1.54, 1.807) is 13.8 Å². The lowest BCUT2D eigenvalue weighted by Crippen LogP contribution is -2.28. The fraction of sp³-hybridized carbons (Fsp3) is 0.692. The molecule has 1 amide bonds. The molecule has 0 aromatic carbocycles. The van der Waals surface area contributed by atoms with E-state index in [0.29, 0.717) is 5.57 Å². The van der Waals surface area contributed by atoms with Gasteiger partial charge in [0.15, 0.2) is 0 Å². The molecule has 0 fully saturated rings. The van der Waals surface area contributed by atoms with Gasteiger partial charge in [-0.1, -0.05) is 25.3 Å². The van der Waals surface area contributed by atoms with E-state index >= 15 is 0 Å². The number of allylic oxidation sites excluding steroid dienone is 1. The van der Waals surface area contributed by atoms with Gasteiger partial charge in [0, 0.05) is 5.57 Å². The zero-order chi connectivity index (χ0) is 14.0. The molecule has 0 saturated carbocycles. The summed E-state index contributed by atoms with van der Waals surface area (Å²) in [6, 6.07) is 0. The van der Waals surface area contributed by atoms with Crippen LogP contribution in [0.3, 0.4) is 0 Å². The second kappa shape index (κ2) is 9.50. The normalized spacial score (nSPS) is 11.6. The highest BCUT2D eigenvalue weighted by Gasteiger charge is 2.11. The number of hydrogen-bond donors (Lipinski definition) is 1. The fourth-order valence-electron chi connectivity index (χ4n) is 1.33. The average Bonchev–Trinajstić information content (AvgIpc) is 2.35. The second-order valence-corrected chi connectivity index (χ2v) is 4.07. The first-order chi connectivity index (χ1) is 8.52. The molecular weight excluding hydrogens is 234 g/mol. The minimum Gasteiger partial charge on any atom is -0.448 e. The van der Waals surface area contributed by atoms with Gasteiger partial charge in [-0.05, 0) is 33.6 Å². The quantitative estimate of drug-likeness (QED) is 0.451. The van der Waals surface area contributed by atoms with E-state index in [1.807, 2.05) is 12.4 Å². The van der Waals surface area contributed by atoms with E-state index in [4.69, 9.17) is 0 Å². The Balaban J connectivity index is 4.14. The molecule has 0 aliphatic carbocycles. The van der Waals surface area contributed by atoms with Crippen LogP contribution in [0.4, 0.5) is 4.79 Å². The highest BCUT2D eigenvalue weighted by atomic mass is 16.7. The van der Waals surface area contributed by atoms with Crippen molar-refractivity contribution in [1.29, 1.82) is 0 Å². The molecule has 104 valence electrons. The van der Waals surface area contributed by atoms with Crippen LogP contribution in [0.5, 0.6) is 0 Å². The maximum atomic E-state index is 11.6. The first-order valence-corrected chi connectivity index (χ1v) is 6.33. The summed E-state index contributed by atoms with van der Waals surface area (Å²) in [5.74, 6) is -0.544. The van der Waals surface area contributed by atoms with Crippen molar-refractivity contribution in [2.45, 2.75) is 53.4 Å². The van der Waals surface area contributed by atoms with Crippen LogP contribution in [0.2, 0.25) is 0 Å². The first-order valence-electron chi connectivity index (χ1n) is 6.33. The smallest absolute Gasteiger partial charge is 0.440 e. The standard InChI is InChI=1S/C13H23NO4/c1-5-7-8-9-10(3)11(4)12(15)18-14-13(16)17-6-2/h5-9H2,1-4H3,(H,14,16). The van der Waals surface area contributed by atoms with E-state index in [-0.39, 0.29) is 6.61 Å². The Morgan fingerprint density at radius 3 is 2.33 bits per heavy atom. The Morgan fingerprint density at radius 2 is 1.78 bits per heavy atom. The molecule has 0 radical (unpaired) electrons. The van der Waals surface area contributed by atoms with Gasteiger partial charge < -0.3 is 9.57 Å². The topological polar surface area (TPSA) is 64.6 Å². The molecule has 0 saturated heterocycles. The van der Waals surface area contributed by atoms with Crippen LogP contribution in [0, 0.1) is 0 Å². The van der Waals surface area contributed by atoms with Gasteiger partial charge in [0.2, 0.25) is 0 Å². The number of carbonyl (C=O) groups excluding carboxylic acids is 2. The molecule has 1 N–H and O–H groups in total. The van der Waals surface area contributed by atoms with Crippen molar-refractivity contribution in [3.63, 3.8) is 0 Å². The fourth-order valence-corrected chi connectivity index (χ4v) is 1.33. The summed E-state index contributed by atoms with van der Waals surface area (Å²) in [4.78, 5) is 27.1. The third-order valence-electron chi connectivity index (χ3n) is 2.60. The van der Waals surface area contributed by atoms with Gasteiger partial charge >= 0.3 is 12.1 Å². The van der Waals surface area contributed by atoms with Gasteiger partial charge in [-0.25, -0.2) is 9.59 Å². The van der Waals surface area contributed by atoms with Crippen molar-refractivity contribution in [3.8, 4) is 0 Å². The van der Waals surface area contributed by atoms with Crippen molar-refractivity contribution in [2.75, 3.05) is 6.61 Å². The van der Waals surface area contributed by atoms with E-state index in [2.05, 4.69) is 16.5 Å². The first kappa shape index (κ1) is 16.5. The highest BCUT2D eigenvalue weighted by molar-refractivity contribution is 5.89. The molecule has 5 heteroatoms. The van der Waals surface area contributed by atoms with Crippen LogP contribution < -0.4 is 5.48 Å². The molecular formula is C13H23NO4. The van der Waals surface area contributed by atoms with E-state index in [0.717, 1.165) is 31.3 Å². The maximum absolute atomic E-state index is 11.6. The lowest BCUT2D eigenvalue weighted by Gasteiger charge is -2.08. The minimum atomic E-state index is -0.762. The number of hydroxylamine groups is 1. The number of ether oxygens (including phenoxy) is 1. The molecule has 0 heterocycles. The Morgan fingerprint density at radius 1 is 1.11 bits per heavy atom. The van der Waals surface area contributed by atoms with Crippen LogP contribution >= 0.6 is 0 Å². The Bertz CT molecular complexity index is 310. The van der Waals surface area contributed by atoms with Crippen molar-refractivity contribution >= 4 is 12.1 Å². The second-order valence-electron chi connectivity index (χ2n) is 4.07. The third-order valence-corrected chi connectivity index (χ3v) is 2.60. The molecule has 0 atom stereocenters. The van der Waals surface area contributed by atoms with Gasteiger partial charge in [-0.2, -0.15) is 0 Å². The summed E-state index contributed by atoms with van der Waals surface area (Å²) in [6.07, 6.45) is 3.44. The van der Waals surface area contributed by atoms with Crippen LogP contribution in [0.1, 0.15) is 53.4 Å². The van der Waals surface area contributed by atoms with Crippen LogP contribution in [-0.4, -0.2) is 18.7 Å². The number of rotatable bonds is 6. The molecule has 0 aliphatic heterocycles. The van der Waals surface area contributed by atoms with Crippen molar-refractivity contribution in [3.05, 3.63) is 11.1 Å². The molecule has 0 bridgehead atoms. The predicted molar refractivity (Wildman–Crippen MR) is 68.8 cm³/mol. The largest absolute Gasteiger partial charge is 0.448 e. The van der Waals surface area contributed by atoms with Crippen LogP contribution in [0.25, 0.3) is 0 Å². The van der Waals surface area contributed by atoms with Gasteiger partial charge in [-0.15, -0.1) is 5.48 Å².